The Hall–Kier alpha value is -3.26. The van der Waals surface area contributed by atoms with Gasteiger partial charge in [-0.1, -0.05) is 12.1 Å². The summed E-state index contributed by atoms with van der Waals surface area (Å²) in [6.07, 6.45) is 1.52. The summed E-state index contributed by atoms with van der Waals surface area (Å²) in [6.45, 7) is 2.15. The third-order valence-corrected chi connectivity index (χ3v) is 4.68. The van der Waals surface area contributed by atoms with Crippen molar-refractivity contribution in [3.8, 4) is 16.3 Å². The summed E-state index contributed by atoms with van der Waals surface area (Å²) in [6, 6.07) is 12.6. The Bertz CT molecular complexity index is 957. The van der Waals surface area contributed by atoms with Crippen LogP contribution in [0.25, 0.3) is 10.4 Å². The summed E-state index contributed by atoms with van der Waals surface area (Å²) < 4.78 is 18.3. The van der Waals surface area contributed by atoms with Gasteiger partial charge >= 0.3 is 0 Å². The average Bonchev–Trinajstić information content (AvgIpc) is 3.17. The molecule has 0 atom stereocenters. The molecule has 3 aromatic rings. The average molecular weight is 385 g/mol. The SMILES string of the molecule is CCOc1ncccc1C(=O)NNC(=O)c1ccc(-c2ccc(F)cc2)s1. The predicted octanol–water partition coefficient (Wildman–Crippen LogP) is 3.42. The topological polar surface area (TPSA) is 80.3 Å². The lowest BCUT2D eigenvalue weighted by molar-refractivity contribution is 0.0846. The second-order valence-corrected chi connectivity index (χ2v) is 6.45. The van der Waals surface area contributed by atoms with Crippen LogP contribution < -0.4 is 15.6 Å². The lowest BCUT2D eigenvalue weighted by Crippen LogP contribution is -2.41. The van der Waals surface area contributed by atoms with E-state index >= 15 is 0 Å². The van der Waals surface area contributed by atoms with E-state index in [4.69, 9.17) is 4.74 Å². The molecular formula is C19H16FN3O3S. The highest BCUT2D eigenvalue weighted by atomic mass is 32.1. The maximum atomic E-state index is 13.0. The highest BCUT2D eigenvalue weighted by molar-refractivity contribution is 7.17. The van der Waals surface area contributed by atoms with Crippen LogP contribution in [0.5, 0.6) is 5.88 Å². The number of carbonyl (C=O) groups excluding carboxylic acids is 2. The Balaban J connectivity index is 1.65. The molecule has 0 radical (unpaired) electrons. The monoisotopic (exact) mass is 385 g/mol. The van der Waals surface area contributed by atoms with Crippen LogP contribution in [-0.2, 0) is 0 Å². The van der Waals surface area contributed by atoms with Crippen molar-refractivity contribution in [3.63, 3.8) is 0 Å². The second kappa shape index (κ2) is 8.41. The Morgan fingerprint density at radius 2 is 1.81 bits per heavy atom. The molecule has 2 aromatic heterocycles. The van der Waals surface area contributed by atoms with Gasteiger partial charge in [0.25, 0.3) is 11.8 Å². The van der Waals surface area contributed by atoms with Crippen LogP contribution in [0.3, 0.4) is 0 Å². The van der Waals surface area contributed by atoms with Crippen molar-refractivity contribution < 1.29 is 18.7 Å². The molecule has 0 bridgehead atoms. The number of nitrogens with zero attached hydrogens (tertiary/aromatic N) is 1. The first-order valence-corrected chi connectivity index (χ1v) is 8.94. The number of benzene rings is 1. The molecule has 0 aliphatic heterocycles. The van der Waals surface area contributed by atoms with Crippen molar-refractivity contribution in [1.29, 1.82) is 0 Å². The molecule has 2 heterocycles. The quantitative estimate of drug-likeness (QED) is 0.660. The molecule has 2 amide bonds. The van der Waals surface area contributed by atoms with E-state index in [1.807, 2.05) is 0 Å². The molecule has 6 nitrogen and oxygen atoms in total. The number of aromatic nitrogens is 1. The van der Waals surface area contributed by atoms with Crippen LogP contribution in [0, 0.1) is 5.82 Å². The van der Waals surface area contributed by atoms with Crippen molar-refractivity contribution >= 4 is 23.2 Å². The number of hydrogen-bond acceptors (Lipinski definition) is 5. The number of nitrogens with one attached hydrogen (secondary N) is 2. The van der Waals surface area contributed by atoms with E-state index in [1.165, 1.54) is 29.7 Å². The third-order valence-electron chi connectivity index (χ3n) is 3.54. The number of rotatable bonds is 5. The number of ether oxygens (including phenoxy) is 1. The summed E-state index contributed by atoms with van der Waals surface area (Å²) in [5, 5.41) is 0. The molecule has 0 aliphatic carbocycles. The Morgan fingerprint density at radius 3 is 2.56 bits per heavy atom. The maximum Gasteiger partial charge on any atom is 0.279 e. The van der Waals surface area contributed by atoms with E-state index in [1.54, 1.807) is 43.3 Å². The first-order valence-electron chi connectivity index (χ1n) is 8.12. The van der Waals surface area contributed by atoms with E-state index in [9.17, 15) is 14.0 Å². The smallest absolute Gasteiger partial charge is 0.279 e. The van der Waals surface area contributed by atoms with Gasteiger partial charge in [0.15, 0.2) is 0 Å². The molecule has 0 aliphatic rings. The molecular weight excluding hydrogens is 369 g/mol. The molecule has 3 rings (SSSR count). The van der Waals surface area contributed by atoms with Gasteiger partial charge in [-0.2, -0.15) is 0 Å². The summed E-state index contributed by atoms with van der Waals surface area (Å²) in [5.41, 5.74) is 5.75. The molecule has 8 heteroatoms. The highest BCUT2D eigenvalue weighted by Gasteiger charge is 2.15. The number of pyridine rings is 1. The van der Waals surface area contributed by atoms with Gasteiger partial charge in [-0.15, -0.1) is 11.3 Å². The number of hydrazine groups is 1. The van der Waals surface area contributed by atoms with E-state index < -0.39 is 11.8 Å². The summed E-state index contributed by atoms with van der Waals surface area (Å²) in [4.78, 5) is 29.7. The first-order chi connectivity index (χ1) is 13.1. The zero-order chi connectivity index (χ0) is 19.2. The van der Waals surface area contributed by atoms with E-state index in [-0.39, 0.29) is 17.3 Å². The summed E-state index contributed by atoms with van der Waals surface area (Å²) in [7, 11) is 0. The zero-order valence-electron chi connectivity index (χ0n) is 14.4. The van der Waals surface area contributed by atoms with Gasteiger partial charge < -0.3 is 4.74 Å². The van der Waals surface area contributed by atoms with E-state index in [2.05, 4.69) is 15.8 Å². The number of halogens is 1. The van der Waals surface area contributed by atoms with Crippen LogP contribution in [0.15, 0.2) is 54.7 Å². The largest absolute Gasteiger partial charge is 0.477 e. The van der Waals surface area contributed by atoms with Gasteiger partial charge in [0.05, 0.1) is 11.5 Å². The van der Waals surface area contributed by atoms with Gasteiger partial charge in [-0.3, -0.25) is 20.4 Å². The summed E-state index contributed by atoms with van der Waals surface area (Å²) >= 11 is 1.24. The van der Waals surface area contributed by atoms with Gasteiger partial charge in [0, 0.05) is 11.1 Å². The minimum Gasteiger partial charge on any atom is -0.477 e. The van der Waals surface area contributed by atoms with Crippen LogP contribution in [-0.4, -0.2) is 23.4 Å². The van der Waals surface area contributed by atoms with Crippen LogP contribution in [0.4, 0.5) is 4.39 Å². The number of carbonyl (C=O) groups is 2. The predicted molar refractivity (Wildman–Crippen MR) is 100 cm³/mol. The lowest BCUT2D eigenvalue weighted by Gasteiger charge is -2.09. The molecule has 2 N–H and O–H groups in total. The number of hydrogen-bond donors (Lipinski definition) is 2. The molecule has 138 valence electrons. The fraction of sp³-hybridized carbons (Fsp3) is 0.105. The zero-order valence-corrected chi connectivity index (χ0v) is 15.2. The van der Waals surface area contributed by atoms with Crippen LogP contribution in [0.2, 0.25) is 0 Å². The molecule has 0 saturated heterocycles. The molecule has 27 heavy (non-hydrogen) atoms. The maximum absolute atomic E-state index is 13.0. The third kappa shape index (κ3) is 4.48. The molecule has 0 fully saturated rings. The van der Waals surface area contributed by atoms with Crippen molar-refractivity contribution in [1.82, 2.24) is 15.8 Å². The number of amides is 2. The van der Waals surface area contributed by atoms with Crippen molar-refractivity contribution in [2.75, 3.05) is 6.61 Å². The minimum absolute atomic E-state index is 0.196. The summed E-state index contributed by atoms with van der Waals surface area (Å²) in [5.74, 6) is -1.11. The lowest BCUT2D eigenvalue weighted by atomic mass is 10.2. The van der Waals surface area contributed by atoms with Gasteiger partial charge in [-0.05, 0) is 48.9 Å². The van der Waals surface area contributed by atoms with Gasteiger partial charge in [0.2, 0.25) is 5.88 Å². The minimum atomic E-state index is -0.532. The Labute approximate surface area is 159 Å². The first kappa shape index (κ1) is 18.5. The molecule has 0 unspecified atom stereocenters. The molecule has 0 saturated carbocycles. The van der Waals surface area contributed by atoms with E-state index in [0.717, 1.165) is 10.4 Å². The normalized spacial score (nSPS) is 10.3. The van der Waals surface area contributed by atoms with Crippen LogP contribution >= 0.6 is 11.3 Å². The number of thiophene rings is 1. The van der Waals surface area contributed by atoms with Gasteiger partial charge in [-0.25, -0.2) is 9.37 Å². The molecule has 1 aromatic carbocycles. The highest BCUT2D eigenvalue weighted by Crippen LogP contribution is 2.28. The Morgan fingerprint density at radius 1 is 1.07 bits per heavy atom. The Kier molecular flexibility index (Phi) is 5.77. The van der Waals surface area contributed by atoms with Gasteiger partial charge in [0.1, 0.15) is 11.4 Å². The van der Waals surface area contributed by atoms with Crippen molar-refractivity contribution in [2.24, 2.45) is 0 Å². The fourth-order valence-electron chi connectivity index (χ4n) is 2.29. The standard InChI is InChI=1S/C19H16FN3O3S/c1-2-26-19-14(4-3-11-21-19)17(24)22-23-18(25)16-10-9-15(27-16)12-5-7-13(20)8-6-12/h3-11H,2H2,1H3,(H,22,24)(H,23,25). The van der Waals surface area contributed by atoms with E-state index in [0.29, 0.717) is 11.5 Å². The van der Waals surface area contributed by atoms with Crippen molar-refractivity contribution in [2.45, 2.75) is 6.92 Å². The second-order valence-electron chi connectivity index (χ2n) is 5.37. The van der Waals surface area contributed by atoms with Crippen molar-refractivity contribution in [3.05, 3.63) is 71.0 Å². The molecule has 0 spiro atoms. The van der Waals surface area contributed by atoms with Crippen LogP contribution in [0.1, 0.15) is 27.0 Å². The fourth-order valence-corrected chi connectivity index (χ4v) is 3.19.